The second-order valence-electron chi connectivity index (χ2n) is 4.53. The number of hydrogen-bond donors (Lipinski definition) is 1. The van der Waals surface area contributed by atoms with Gasteiger partial charge in [0.2, 0.25) is 0 Å². The van der Waals surface area contributed by atoms with Gasteiger partial charge in [0.1, 0.15) is 5.75 Å². The summed E-state index contributed by atoms with van der Waals surface area (Å²) in [5, 5.41) is 3.56. The van der Waals surface area contributed by atoms with Crippen molar-refractivity contribution in [3.05, 3.63) is 29.8 Å². The Morgan fingerprint density at radius 2 is 1.94 bits per heavy atom. The lowest BCUT2D eigenvalue weighted by Gasteiger charge is -2.21. The van der Waals surface area contributed by atoms with Crippen molar-refractivity contribution in [3.63, 3.8) is 0 Å². The number of nitrogens with one attached hydrogen (secondary N) is 1. The number of thioether (sulfide) groups is 1. The van der Waals surface area contributed by atoms with Crippen LogP contribution in [0, 0.1) is 5.92 Å². The summed E-state index contributed by atoms with van der Waals surface area (Å²) in [6, 6.07) is 8.30. The molecule has 3 heteroatoms. The Bertz CT molecular complexity index is 319. The lowest BCUT2D eigenvalue weighted by molar-refractivity contribution is 0.414. The van der Waals surface area contributed by atoms with Crippen LogP contribution in [-0.4, -0.2) is 25.2 Å². The molecule has 0 radical (unpaired) electrons. The zero-order valence-corrected chi connectivity index (χ0v) is 11.3. The standard InChI is InChI=1S/C14H21NOS/c1-16-14-4-2-12(3-5-14)10-15-11-13-6-8-17-9-7-13/h2-5,13,15H,6-11H2,1H3. The first-order chi connectivity index (χ1) is 8.38. The number of benzene rings is 1. The van der Waals surface area contributed by atoms with Gasteiger partial charge in [0.25, 0.3) is 0 Å². The summed E-state index contributed by atoms with van der Waals surface area (Å²) in [6.07, 6.45) is 2.75. The Kier molecular flexibility index (Phi) is 5.20. The molecule has 0 spiro atoms. The van der Waals surface area contributed by atoms with E-state index in [0.717, 1.165) is 24.8 Å². The highest BCUT2D eigenvalue weighted by atomic mass is 32.2. The summed E-state index contributed by atoms with van der Waals surface area (Å²) in [6.45, 7) is 2.13. The Labute approximate surface area is 108 Å². The lowest BCUT2D eigenvalue weighted by atomic mass is 10.0. The first-order valence-corrected chi connectivity index (χ1v) is 7.45. The molecule has 1 N–H and O–H groups in total. The molecule has 94 valence electrons. The molecular formula is C14H21NOS. The maximum atomic E-state index is 5.15. The van der Waals surface area contributed by atoms with Crippen LogP contribution in [0.1, 0.15) is 18.4 Å². The Morgan fingerprint density at radius 3 is 2.59 bits per heavy atom. The van der Waals surface area contributed by atoms with Crippen molar-refractivity contribution in [3.8, 4) is 5.75 Å². The third kappa shape index (κ3) is 4.25. The highest BCUT2D eigenvalue weighted by Gasteiger charge is 2.12. The zero-order valence-electron chi connectivity index (χ0n) is 10.4. The molecule has 17 heavy (non-hydrogen) atoms. The summed E-state index contributed by atoms with van der Waals surface area (Å²) in [5.41, 5.74) is 1.33. The summed E-state index contributed by atoms with van der Waals surface area (Å²) >= 11 is 2.09. The SMILES string of the molecule is COc1ccc(CNCC2CCSCC2)cc1. The van der Waals surface area contributed by atoms with Crippen LogP contribution in [-0.2, 0) is 6.54 Å². The molecule has 2 nitrogen and oxygen atoms in total. The molecule has 1 saturated heterocycles. The molecule has 0 aliphatic carbocycles. The summed E-state index contributed by atoms with van der Waals surface area (Å²) in [7, 11) is 1.70. The first kappa shape index (κ1) is 12.8. The van der Waals surface area contributed by atoms with Crippen molar-refractivity contribution in [1.29, 1.82) is 0 Å². The van der Waals surface area contributed by atoms with E-state index in [9.17, 15) is 0 Å². The fourth-order valence-electron chi connectivity index (χ4n) is 2.11. The van der Waals surface area contributed by atoms with Crippen molar-refractivity contribution in [2.45, 2.75) is 19.4 Å². The molecule has 0 unspecified atom stereocenters. The molecule has 0 aromatic heterocycles. The van der Waals surface area contributed by atoms with Crippen molar-refractivity contribution in [2.75, 3.05) is 25.2 Å². The molecular weight excluding hydrogens is 230 g/mol. The van der Waals surface area contributed by atoms with Gasteiger partial charge >= 0.3 is 0 Å². The summed E-state index contributed by atoms with van der Waals surface area (Å²) in [4.78, 5) is 0. The highest BCUT2D eigenvalue weighted by Crippen LogP contribution is 2.22. The van der Waals surface area contributed by atoms with Gasteiger partial charge in [-0.3, -0.25) is 0 Å². The monoisotopic (exact) mass is 251 g/mol. The molecule has 1 heterocycles. The molecule has 1 fully saturated rings. The molecule has 0 atom stereocenters. The third-order valence-electron chi connectivity index (χ3n) is 3.26. The van der Waals surface area contributed by atoms with Gasteiger partial charge in [0.05, 0.1) is 7.11 Å². The fourth-order valence-corrected chi connectivity index (χ4v) is 3.32. The number of rotatable bonds is 5. The minimum atomic E-state index is 0.884. The minimum absolute atomic E-state index is 0.884. The van der Waals surface area contributed by atoms with Gasteiger partial charge in [-0.05, 0) is 54.5 Å². The van der Waals surface area contributed by atoms with Crippen molar-refractivity contribution in [2.24, 2.45) is 5.92 Å². The van der Waals surface area contributed by atoms with E-state index < -0.39 is 0 Å². The first-order valence-electron chi connectivity index (χ1n) is 6.30. The van der Waals surface area contributed by atoms with Gasteiger partial charge in [-0.25, -0.2) is 0 Å². The summed E-state index contributed by atoms with van der Waals surface area (Å²) in [5.74, 6) is 4.50. The van der Waals surface area contributed by atoms with Crippen LogP contribution in [0.2, 0.25) is 0 Å². The second kappa shape index (κ2) is 6.92. The molecule has 0 bridgehead atoms. The van der Waals surface area contributed by atoms with E-state index in [1.165, 1.54) is 29.9 Å². The Hall–Kier alpha value is -0.670. The average Bonchev–Trinajstić information content (AvgIpc) is 2.41. The van der Waals surface area contributed by atoms with E-state index in [0.29, 0.717) is 0 Å². The third-order valence-corrected chi connectivity index (χ3v) is 4.31. The smallest absolute Gasteiger partial charge is 0.118 e. The normalized spacial score (nSPS) is 17.0. The van der Waals surface area contributed by atoms with Gasteiger partial charge < -0.3 is 10.1 Å². The van der Waals surface area contributed by atoms with Gasteiger partial charge in [-0.2, -0.15) is 11.8 Å². The summed E-state index contributed by atoms with van der Waals surface area (Å²) < 4.78 is 5.15. The Morgan fingerprint density at radius 1 is 1.24 bits per heavy atom. The second-order valence-corrected chi connectivity index (χ2v) is 5.76. The van der Waals surface area contributed by atoms with E-state index in [1.54, 1.807) is 7.11 Å². The van der Waals surface area contributed by atoms with E-state index >= 15 is 0 Å². The van der Waals surface area contributed by atoms with Crippen LogP contribution in [0.4, 0.5) is 0 Å². The molecule has 1 aliphatic heterocycles. The van der Waals surface area contributed by atoms with E-state index in [2.05, 4.69) is 29.2 Å². The van der Waals surface area contributed by atoms with Crippen molar-refractivity contribution >= 4 is 11.8 Å². The number of ether oxygens (including phenoxy) is 1. The van der Waals surface area contributed by atoms with Gasteiger partial charge in [0.15, 0.2) is 0 Å². The Balaban J connectivity index is 1.69. The van der Waals surface area contributed by atoms with Gasteiger partial charge in [-0.15, -0.1) is 0 Å². The molecule has 0 saturated carbocycles. The molecule has 1 aliphatic rings. The predicted molar refractivity (Wildman–Crippen MR) is 74.7 cm³/mol. The van der Waals surface area contributed by atoms with Crippen molar-refractivity contribution in [1.82, 2.24) is 5.32 Å². The molecule has 1 aromatic carbocycles. The maximum absolute atomic E-state index is 5.15. The minimum Gasteiger partial charge on any atom is -0.497 e. The highest BCUT2D eigenvalue weighted by molar-refractivity contribution is 7.99. The van der Waals surface area contributed by atoms with Gasteiger partial charge in [0, 0.05) is 6.54 Å². The largest absolute Gasteiger partial charge is 0.497 e. The number of methoxy groups -OCH3 is 1. The number of hydrogen-bond acceptors (Lipinski definition) is 3. The topological polar surface area (TPSA) is 21.3 Å². The maximum Gasteiger partial charge on any atom is 0.118 e. The van der Waals surface area contributed by atoms with Crippen LogP contribution in [0.15, 0.2) is 24.3 Å². The lowest BCUT2D eigenvalue weighted by Crippen LogP contribution is -2.25. The van der Waals surface area contributed by atoms with E-state index in [1.807, 2.05) is 12.1 Å². The molecule has 0 amide bonds. The van der Waals surface area contributed by atoms with Gasteiger partial charge in [-0.1, -0.05) is 12.1 Å². The molecule has 1 aromatic rings. The van der Waals surface area contributed by atoms with Crippen LogP contribution in [0.3, 0.4) is 0 Å². The van der Waals surface area contributed by atoms with E-state index in [-0.39, 0.29) is 0 Å². The van der Waals surface area contributed by atoms with Crippen molar-refractivity contribution < 1.29 is 4.74 Å². The van der Waals surface area contributed by atoms with E-state index in [4.69, 9.17) is 4.74 Å². The zero-order chi connectivity index (χ0) is 11.9. The molecule has 2 rings (SSSR count). The van der Waals surface area contributed by atoms with Crippen LogP contribution < -0.4 is 10.1 Å². The fraction of sp³-hybridized carbons (Fsp3) is 0.571. The van der Waals surface area contributed by atoms with Crippen LogP contribution in [0.25, 0.3) is 0 Å². The van der Waals surface area contributed by atoms with Crippen LogP contribution in [0.5, 0.6) is 5.75 Å². The average molecular weight is 251 g/mol. The predicted octanol–water partition coefficient (Wildman–Crippen LogP) is 2.93. The van der Waals surface area contributed by atoms with Crippen LogP contribution >= 0.6 is 11.8 Å². The quantitative estimate of drug-likeness (QED) is 0.869.